The van der Waals surface area contributed by atoms with Crippen LogP contribution >= 0.6 is 0 Å². The summed E-state index contributed by atoms with van der Waals surface area (Å²) >= 11 is 0. The van der Waals surface area contributed by atoms with Gasteiger partial charge in [0.2, 0.25) is 0 Å². The molecule has 1 aliphatic heterocycles. The third-order valence-electron chi connectivity index (χ3n) is 2.88. The Labute approximate surface area is 87.0 Å². The number of halogens is 2. The zero-order chi connectivity index (χ0) is 10.9. The number of rotatable bonds is 1. The Hall–Kier alpha value is -1.00. The molecule has 2 nitrogen and oxygen atoms in total. The maximum Gasteiger partial charge on any atom is 0.159 e. The fourth-order valence-corrected chi connectivity index (χ4v) is 1.83. The first-order valence-electron chi connectivity index (χ1n) is 4.94. The van der Waals surface area contributed by atoms with Crippen molar-refractivity contribution < 1.29 is 13.5 Å². The largest absolute Gasteiger partial charge is 0.381 e. The van der Waals surface area contributed by atoms with Crippen molar-refractivity contribution in [3.05, 3.63) is 35.4 Å². The lowest BCUT2D eigenvalue weighted by Crippen LogP contribution is -2.42. The van der Waals surface area contributed by atoms with Crippen molar-refractivity contribution in [3.63, 3.8) is 0 Å². The number of hydrogen-bond donors (Lipinski definition) is 1. The molecule has 4 heteroatoms. The van der Waals surface area contributed by atoms with E-state index in [1.165, 1.54) is 6.07 Å². The van der Waals surface area contributed by atoms with Gasteiger partial charge in [0.05, 0.1) is 0 Å². The zero-order valence-electron chi connectivity index (χ0n) is 8.30. The summed E-state index contributed by atoms with van der Waals surface area (Å²) in [7, 11) is 0. The third kappa shape index (κ3) is 2.01. The standard InChI is InChI=1S/C11H13F2NO/c12-9-2-1-8(7-10(9)13)11(14)3-5-15-6-4-11/h1-2,7H,3-6,14H2. The van der Waals surface area contributed by atoms with E-state index < -0.39 is 17.2 Å². The second-order valence-corrected chi connectivity index (χ2v) is 3.90. The van der Waals surface area contributed by atoms with E-state index in [1.807, 2.05) is 0 Å². The molecule has 15 heavy (non-hydrogen) atoms. The first-order valence-corrected chi connectivity index (χ1v) is 4.94. The Bertz CT molecular complexity index is 362. The molecule has 0 radical (unpaired) electrons. The van der Waals surface area contributed by atoms with E-state index in [0.29, 0.717) is 31.6 Å². The van der Waals surface area contributed by atoms with E-state index in [2.05, 4.69) is 0 Å². The summed E-state index contributed by atoms with van der Waals surface area (Å²) in [5.74, 6) is -1.68. The van der Waals surface area contributed by atoms with Crippen molar-refractivity contribution in [1.29, 1.82) is 0 Å². The number of hydrogen-bond acceptors (Lipinski definition) is 2. The summed E-state index contributed by atoms with van der Waals surface area (Å²) in [6, 6.07) is 3.85. The monoisotopic (exact) mass is 213 g/mol. The van der Waals surface area contributed by atoms with Crippen LogP contribution in [-0.4, -0.2) is 13.2 Å². The summed E-state index contributed by atoms with van der Waals surface area (Å²) in [6.07, 6.45) is 1.27. The SMILES string of the molecule is NC1(c2ccc(F)c(F)c2)CCOCC1. The Kier molecular flexibility index (Phi) is 2.71. The van der Waals surface area contributed by atoms with Gasteiger partial charge in [-0.15, -0.1) is 0 Å². The van der Waals surface area contributed by atoms with Gasteiger partial charge in [0.1, 0.15) is 0 Å². The molecule has 0 aliphatic carbocycles. The molecule has 1 saturated heterocycles. The van der Waals surface area contributed by atoms with Crippen LogP contribution < -0.4 is 5.73 Å². The van der Waals surface area contributed by atoms with Gasteiger partial charge in [0.25, 0.3) is 0 Å². The predicted octanol–water partition coefficient (Wildman–Crippen LogP) is 1.93. The van der Waals surface area contributed by atoms with E-state index in [1.54, 1.807) is 6.07 Å². The molecular weight excluding hydrogens is 200 g/mol. The van der Waals surface area contributed by atoms with Gasteiger partial charge in [0.15, 0.2) is 11.6 Å². The zero-order valence-corrected chi connectivity index (χ0v) is 8.30. The summed E-state index contributed by atoms with van der Waals surface area (Å²) in [5, 5.41) is 0. The van der Waals surface area contributed by atoms with Crippen molar-refractivity contribution in [2.45, 2.75) is 18.4 Å². The summed E-state index contributed by atoms with van der Waals surface area (Å²) in [5.41, 5.74) is 6.20. The molecular formula is C11H13F2NO. The molecule has 1 aromatic carbocycles. The van der Waals surface area contributed by atoms with E-state index in [-0.39, 0.29) is 0 Å². The summed E-state index contributed by atoms with van der Waals surface area (Å²) in [4.78, 5) is 0. The van der Waals surface area contributed by atoms with Gasteiger partial charge < -0.3 is 10.5 Å². The van der Waals surface area contributed by atoms with Gasteiger partial charge >= 0.3 is 0 Å². The van der Waals surface area contributed by atoms with Crippen LogP contribution in [0.3, 0.4) is 0 Å². The van der Waals surface area contributed by atoms with Gasteiger partial charge in [-0.25, -0.2) is 8.78 Å². The minimum atomic E-state index is -0.844. The Morgan fingerprint density at radius 2 is 1.80 bits per heavy atom. The maximum absolute atomic E-state index is 13.0. The van der Waals surface area contributed by atoms with Crippen LogP contribution in [-0.2, 0) is 10.3 Å². The topological polar surface area (TPSA) is 35.2 Å². The van der Waals surface area contributed by atoms with Crippen molar-refractivity contribution in [3.8, 4) is 0 Å². The van der Waals surface area contributed by atoms with Crippen LogP contribution in [0.5, 0.6) is 0 Å². The highest BCUT2D eigenvalue weighted by Crippen LogP contribution is 2.29. The second-order valence-electron chi connectivity index (χ2n) is 3.90. The number of benzene rings is 1. The van der Waals surface area contributed by atoms with Crippen molar-refractivity contribution in [2.75, 3.05) is 13.2 Å². The lowest BCUT2D eigenvalue weighted by atomic mass is 9.84. The van der Waals surface area contributed by atoms with Gasteiger partial charge in [-0.2, -0.15) is 0 Å². The van der Waals surface area contributed by atoms with Crippen molar-refractivity contribution in [1.82, 2.24) is 0 Å². The molecule has 0 bridgehead atoms. The Morgan fingerprint density at radius 1 is 1.13 bits per heavy atom. The lowest BCUT2D eigenvalue weighted by Gasteiger charge is -2.33. The number of nitrogens with two attached hydrogens (primary N) is 1. The molecule has 2 rings (SSSR count). The van der Waals surface area contributed by atoms with Gasteiger partial charge in [-0.05, 0) is 30.5 Å². The maximum atomic E-state index is 13.0. The van der Waals surface area contributed by atoms with Crippen LogP contribution in [0.25, 0.3) is 0 Å². The summed E-state index contributed by atoms with van der Waals surface area (Å²) < 4.78 is 31.0. The normalized spacial score (nSPS) is 20.2. The van der Waals surface area contributed by atoms with E-state index >= 15 is 0 Å². The molecule has 0 unspecified atom stereocenters. The smallest absolute Gasteiger partial charge is 0.159 e. The van der Waals surface area contributed by atoms with Crippen molar-refractivity contribution in [2.24, 2.45) is 5.73 Å². The molecule has 0 spiro atoms. The summed E-state index contributed by atoms with van der Waals surface area (Å²) in [6.45, 7) is 1.13. The molecule has 0 aromatic heterocycles. The van der Waals surface area contributed by atoms with E-state index in [4.69, 9.17) is 10.5 Å². The fourth-order valence-electron chi connectivity index (χ4n) is 1.83. The van der Waals surface area contributed by atoms with Crippen LogP contribution in [0, 0.1) is 11.6 Å². The average Bonchev–Trinajstić information content (AvgIpc) is 2.23. The van der Waals surface area contributed by atoms with Crippen LogP contribution in [0.2, 0.25) is 0 Å². The number of ether oxygens (including phenoxy) is 1. The van der Waals surface area contributed by atoms with Crippen LogP contribution in [0.15, 0.2) is 18.2 Å². The molecule has 1 aliphatic rings. The molecule has 1 fully saturated rings. The van der Waals surface area contributed by atoms with Crippen LogP contribution in [0.1, 0.15) is 18.4 Å². The Morgan fingerprint density at radius 3 is 2.40 bits per heavy atom. The second kappa shape index (κ2) is 3.87. The highest BCUT2D eigenvalue weighted by atomic mass is 19.2. The minimum Gasteiger partial charge on any atom is -0.381 e. The minimum absolute atomic E-state index is 0.565. The van der Waals surface area contributed by atoms with Gasteiger partial charge in [-0.1, -0.05) is 6.07 Å². The van der Waals surface area contributed by atoms with E-state index in [9.17, 15) is 8.78 Å². The first-order chi connectivity index (χ1) is 7.12. The first kappa shape index (κ1) is 10.5. The Balaban J connectivity index is 2.31. The molecule has 1 aromatic rings. The molecule has 1 heterocycles. The highest BCUT2D eigenvalue weighted by molar-refractivity contribution is 5.26. The van der Waals surface area contributed by atoms with Gasteiger partial charge in [-0.3, -0.25) is 0 Å². The van der Waals surface area contributed by atoms with E-state index in [0.717, 1.165) is 6.07 Å². The van der Waals surface area contributed by atoms with Crippen LogP contribution in [0.4, 0.5) is 8.78 Å². The molecule has 0 amide bonds. The fraction of sp³-hybridized carbons (Fsp3) is 0.455. The lowest BCUT2D eigenvalue weighted by molar-refractivity contribution is 0.0521. The molecule has 82 valence electrons. The van der Waals surface area contributed by atoms with Gasteiger partial charge in [0, 0.05) is 18.8 Å². The molecule has 2 N–H and O–H groups in total. The quantitative estimate of drug-likeness (QED) is 0.773. The van der Waals surface area contributed by atoms with Crippen molar-refractivity contribution >= 4 is 0 Å². The molecule has 0 atom stereocenters. The third-order valence-corrected chi connectivity index (χ3v) is 2.88. The highest BCUT2D eigenvalue weighted by Gasteiger charge is 2.30. The average molecular weight is 213 g/mol. The predicted molar refractivity (Wildman–Crippen MR) is 52.3 cm³/mol. The molecule has 0 saturated carbocycles.